The molecule has 0 amide bonds. The third-order valence-corrected chi connectivity index (χ3v) is 3.11. The minimum absolute atomic E-state index is 0.0797. The number of carbonyl (C=O) groups is 1. The molecule has 0 aromatic carbocycles. The molecule has 17 heavy (non-hydrogen) atoms. The van der Waals surface area contributed by atoms with Crippen LogP contribution in [0, 0.1) is 10.8 Å². The normalized spacial score (nSPS) is 16.5. The van der Waals surface area contributed by atoms with E-state index in [1.165, 1.54) is 0 Å². The average Bonchev–Trinajstić information content (AvgIpc) is 1.97. The molecule has 0 radical (unpaired) electrons. The third-order valence-electron chi connectivity index (χ3n) is 3.11. The van der Waals surface area contributed by atoms with Crippen LogP contribution >= 0.6 is 0 Å². The minimum Gasteiger partial charge on any atom is -0.458 e. The second-order valence-electron chi connectivity index (χ2n) is 7.22. The van der Waals surface area contributed by atoms with Crippen molar-refractivity contribution in [3.8, 4) is 0 Å². The van der Waals surface area contributed by atoms with Crippen molar-refractivity contribution in [2.45, 2.75) is 60.5 Å². The van der Waals surface area contributed by atoms with Crippen LogP contribution in [-0.4, -0.2) is 25.2 Å². The largest absolute Gasteiger partial charge is 0.458 e. The van der Waals surface area contributed by atoms with Gasteiger partial charge in [0.15, 0.2) is 0 Å². The van der Waals surface area contributed by atoms with Crippen LogP contribution < -0.4 is 5.32 Å². The fraction of sp³-hybridized carbons (Fsp3) is 0.929. The number of esters is 1. The van der Waals surface area contributed by atoms with E-state index in [0.29, 0.717) is 0 Å². The van der Waals surface area contributed by atoms with Gasteiger partial charge in [0, 0.05) is 5.41 Å². The van der Waals surface area contributed by atoms with Gasteiger partial charge in [0.25, 0.3) is 0 Å². The van der Waals surface area contributed by atoms with Gasteiger partial charge in [-0.1, -0.05) is 41.5 Å². The molecule has 0 saturated carbocycles. The van der Waals surface area contributed by atoms with Crippen LogP contribution in [0.3, 0.4) is 0 Å². The molecule has 1 N–H and O–H groups in total. The van der Waals surface area contributed by atoms with Gasteiger partial charge in [0.05, 0.1) is 6.54 Å². The van der Waals surface area contributed by atoms with Crippen molar-refractivity contribution in [3.63, 3.8) is 0 Å². The minimum atomic E-state index is -0.445. The Balaban J connectivity index is 4.94. The van der Waals surface area contributed by atoms with E-state index in [1.54, 1.807) is 7.05 Å². The second kappa shape index (κ2) is 5.38. The van der Waals surface area contributed by atoms with Crippen molar-refractivity contribution < 1.29 is 9.53 Å². The highest BCUT2D eigenvalue weighted by atomic mass is 16.6. The Hall–Kier alpha value is -0.570. The maximum absolute atomic E-state index is 11.7. The molecule has 0 aromatic heterocycles. The van der Waals surface area contributed by atoms with Crippen molar-refractivity contribution in [3.05, 3.63) is 0 Å². The van der Waals surface area contributed by atoms with Gasteiger partial charge in [-0.05, 0) is 25.8 Å². The maximum atomic E-state index is 11.7. The monoisotopic (exact) mass is 243 g/mol. The van der Waals surface area contributed by atoms with Crippen LogP contribution in [0.25, 0.3) is 0 Å². The average molecular weight is 243 g/mol. The Labute approximate surface area is 106 Å². The lowest BCUT2D eigenvalue weighted by Crippen LogP contribution is -2.48. The molecule has 0 rings (SSSR count). The Bertz CT molecular complexity index is 260. The molecule has 0 aliphatic rings. The number of hydrogen-bond acceptors (Lipinski definition) is 3. The lowest BCUT2D eigenvalue weighted by atomic mass is 9.69. The van der Waals surface area contributed by atoms with Crippen LogP contribution in [-0.2, 0) is 9.53 Å². The summed E-state index contributed by atoms with van der Waals surface area (Å²) in [5, 5.41) is 2.83. The molecule has 3 nitrogen and oxygen atoms in total. The highest BCUT2D eigenvalue weighted by Crippen LogP contribution is 2.42. The molecule has 102 valence electrons. The number of ether oxygens (including phenoxy) is 1. The first kappa shape index (κ1) is 16.4. The molecular formula is C14H29NO2. The number of hydrogen-bond donors (Lipinski definition) is 1. The van der Waals surface area contributed by atoms with E-state index in [0.717, 1.165) is 6.42 Å². The van der Waals surface area contributed by atoms with E-state index in [1.807, 2.05) is 6.92 Å². The Morgan fingerprint density at radius 1 is 1.06 bits per heavy atom. The van der Waals surface area contributed by atoms with Gasteiger partial charge in [0.1, 0.15) is 5.60 Å². The molecule has 0 aromatic rings. The molecule has 1 atom stereocenters. The summed E-state index contributed by atoms with van der Waals surface area (Å²) in [6, 6.07) is 0. The summed E-state index contributed by atoms with van der Waals surface area (Å²) >= 11 is 0. The fourth-order valence-electron chi connectivity index (χ4n) is 1.90. The van der Waals surface area contributed by atoms with E-state index in [9.17, 15) is 4.79 Å². The fourth-order valence-corrected chi connectivity index (χ4v) is 1.90. The standard InChI is InChI=1S/C14H29NO2/c1-12(2,3)10-14(7,13(4,5)6)17-11(16)9-15-8/h15H,9-10H2,1-8H3. The summed E-state index contributed by atoms with van der Waals surface area (Å²) < 4.78 is 5.72. The van der Waals surface area contributed by atoms with Crippen molar-refractivity contribution >= 4 is 5.97 Å². The van der Waals surface area contributed by atoms with Crippen molar-refractivity contribution in [1.82, 2.24) is 5.32 Å². The zero-order valence-corrected chi connectivity index (χ0v) is 12.7. The second-order valence-corrected chi connectivity index (χ2v) is 7.22. The summed E-state index contributed by atoms with van der Waals surface area (Å²) in [5.41, 5.74) is -0.398. The maximum Gasteiger partial charge on any atom is 0.320 e. The molecular weight excluding hydrogens is 214 g/mol. The van der Waals surface area contributed by atoms with E-state index < -0.39 is 5.60 Å². The van der Waals surface area contributed by atoms with Gasteiger partial charge in [-0.25, -0.2) is 0 Å². The van der Waals surface area contributed by atoms with Gasteiger partial charge in [-0.3, -0.25) is 4.79 Å². The molecule has 0 spiro atoms. The van der Waals surface area contributed by atoms with E-state index in [-0.39, 0.29) is 23.3 Å². The van der Waals surface area contributed by atoms with E-state index >= 15 is 0 Å². The highest BCUT2D eigenvalue weighted by molar-refractivity contribution is 5.72. The Morgan fingerprint density at radius 3 is 1.82 bits per heavy atom. The molecule has 0 aliphatic heterocycles. The van der Waals surface area contributed by atoms with E-state index in [4.69, 9.17) is 4.74 Å². The van der Waals surface area contributed by atoms with Crippen LogP contribution in [0.5, 0.6) is 0 Å². The van der Waals surface area contributed by atoms with Crippen LogP contribution in [0.15, 0.2) is 0 Å². The predicted molar refractivity (Wildman–Crippen MR) is 72.0 cm³/mol. The Kier molecular flexibility index (Phi) is 5.20. The van der Waals surface area contributed by atoms with Crippen molar-refractivity contribution in [1.29, 1.82) is 0 Å². The summed E-state index contributed by atoms with van der Waals surface area (Å²) in [6.45, 7) is 15.2. The summed E-state index contributed by atoms with van der Waals surface area (Å²) in [5.74, 6) is -0.186. The number of rotatable bonds is 4. The van der Waals surface area contributed by atoms with Crippen LogP contribution in [0.2, 0.25) is 0 Å². The molecule has 0 aliphatic carbocycles. The number of nitrogens with one attached hydrogen (secondary N) is 1. The third kappa shape index (κ3) is 5.53. The summed E-state index contributed by atoms with van der Waals surface area (Å²) in [7, 11) is 1.75. The summed E-state index contributed by atoms with van der Waals surface area (Å²) in [6.07, 6.45) is 0.846. The van der Waals surface area contributed by atoms with Gasteiger partial charge in [0.2, 0.25) is 0 Å². The van der Waals surface area contributed by atoms with Gasteiger partial charge >= 0.3 is 5.97 Å². The molecule has 1 unspecified atom stereocenters. The molecule has 3 heteroatoms. The highest BCUT2D eigenvalue weighted by Gasteiger charge is 2.43. The first-order valence-electron chi connectivity index (χ1n) is 6.28. The van der Waals surface area contributed by atoms with Gasteiger partial charge in [-0.15, -0.1) is 0 Å². The number of likely N-dealkylation sites (N-methyl/N-ethyl adjacent to an activating group) is 1. The first-order chi connectivity index (χ1) is 7.41. The molecule has 0 saturated heterocycles. The molecule has 0 bridgehead atoms. The van der Waals surface area contributed by atoms with Crippen LogP contribution in [0.4, 0.5) is 0 Å². The van der Waals surface area contributed by atoms with Crippen LogP contribution in [0.1, 0.15) is 54.9 Å². The summed E-state index contributed by atoms with van der Waals surface area (Å²) in [4.78, 5) is 11.7. The zero-order valence-electron chi connectivity index (χ0n) is 12.7. The predicted octanol–water partition coefficient (Wildman–Crippen LogP) is 2.99. The quantitative estimate of drug-likeness (QED) is 0.771. The SMILES string of the molecule is CNCC(=O)OC(C)(CC(C)(C)C)C(C)(C)C. The number of carbonyl (C=O) groups excluding carboxylic acids is 1. The molecule has 0 heterocycles. The Morgan fingerprint density at radius 2 is 1.53 bits per heavy atom. The molecule has 0 fully saturated rings. The lowest BCUT2D eigenvalue weighted by Gasteiger charge is -2.44. The van der Waals surface area contributed by atoms with Gasteiger partial charge < -0.3 is 10.1 Å². The van der Waals surface area contributed by atoms with Gasteiger partial charge in [-0.2, -0.15) is 0 Å². The zero-order chi connectivity index (χ0) is 13.9. The van der Waals surface area contributed by atoms with Crippen molar-refractivity contribution in [2.24, 2.45) is 10.8 Å². The van der Waals surface area contributed by atoms with E-state index in [2.05, 4.69) is 46.9 Å². The first-order valence-corrected chi connectivity index (χ1v) is 6.28. The topological polar surface area (TPSA) is 38.3 Å². The van der Waals surface area contributed by atoms with Crippen molar-refractivity contribution in [2.75, 3.05) is 13.6 Å². The smallest absolute Gasteiger partial charge is 0.320 e. The lowest BCUT2D eigenvalue weighted by molar-refractivity contribution is -0.174.